The molecule has 0 unspecified atom stereocenters. The van der Waals surface area contributed by atoms with Crippen LogP contribution in [0.15, 0.2) is 21.5 Å². The van der Waals surface area contributed by atoms with E-state index in [1.54, 1.807) is 18.9 Å². The number of methoxy groups -OCH3 is 1. The quantitative estimate of drug-likeness (QED) is 0.765. The lowest BCUT2D eigenvalue weighted by Crippen LogP contribution is -1.96. The molecule has 1 rings (SSSR count). The first-order valence-electron chi connectivity index (χ1n) is 4.86. The van der Waals surface area contributed by atoms with Gasteiger partial charge in [0.25, 0.3) is 0 Å². The highest BCUT2D eigenvalue weighted by Gasteiger charge is 2.13. The first-order valence-corrected chi connectivity index (χ1v) is 6.64. The second-order valence-corrected chi connectivity index (χ2v) is 4.90. The Balaban J connectivity index is 3.15. The molecule has 0 amide bonds. The molecular formula is C11H15BrO2S. The highest BCUT2D eigenvalue weighted by atomic mass is 79.9. The smallest absolute Gasteiger partial charge is 0.150 e. The number of hydrogen-bond acceptors (Lipinski definition) is 3. The SMILES string of the molecule is CCOc1ccc(Br)c(OC)c1SCC. The summed E-state index contributed by atoms with van der Waals surface area (Å²) in [6, 6.07) is 3.91. The van der Waals surface area contributed by atoms with Gasteiger partial charge in [-0.05, 0) is 40.7 Å². The normalized spacial score (nSPS) is 10.1. The summed E-state index contributed by atoms with van der Waals surface area (Å²) in [5.41, 5.74) is 0. The van der Waals surface area contributed by atoms with Crippen LogP contribution in [0.1, 0.15) is 13.8 Å². The van der Waals surface area contributed by atoms with Gasteiger partial charge in [0.1, 0.15) is 11.5 Å². The van der Waals surface area contributed by atoms with E-state index in [1.165, 1.54) is 0 Å². The number of rotatable bonds is 5. The van der Waals surface area contributed by atoms with E-state index in [4.69, 9.17) is 9.47 Å². The van der Waals surface area contributed by atoms with Crippen LogP contribution >= 0.6 is 27.7 Å². The Kier molecular flexibility index (Phi) is 5.32. The fraction of sp³-hybridized carbons (Fsp3) is 0.455. The molecule has 2 nitrogen and oxygen atoms in total. The molecule has 0 N–H and O–H groups in total. The summed E-state index contributed by atoms with van der Waals surface area (Å²) >= 11 is 5.20. The minimum Gasteiger partial charge on any atom is -0.494 e. The Bertz CT molecular complexity index is 329. The van der Waals surface area contributed by atoms with Crippen LogP contribution in [0.4, 0.5) is 0 Å². The predicted octanol–water partition coefficient (Wildman–Crippen LogP) is 3.97. The van der Waals surface area contributed by atoms with E-state index in [9.17, 15) is 0 Å². The molecule has 0 aromatic heterocycles. The van der Waals surface area contributed by atoms with Gasteiger partial charge >= 0.3 is 0 Å². The van der Waals surface area contributed by atoms with Gasteiger partial charge in [0.15, 0.2) is 0 Å². The zero-order chi connectivity index (χ0) is 11.3. The van der Waals surface area contributed by atoms with E-state index in [2.05, 4.69) is 22.9 Å². The van der Waals surface area contributed by atoms with Crippen LogP contribution in [0.5, 0.6) is 11.5 Å². The van der Waals surface area contributed by atoms with Gasteiger partial charge in [0.2, 0.25) is 0 Å². The molecule has 0 saturated heterocycles. The monoisotopic (exact) mass is 290 g/mol. The first-order chi connectivity index (χ1) is 7.24. The van der Waals surface area contributed by atoms with Crippen LogP contribution in [0.25, 0.3) is 0 Å². The molecular weight excluding hydrogens is 276 g/mol. The van der Waals surface area contributed by atoms with Gasteiger partial charge in [-0.15, -0.1) is 11.8 Å². The molecule has 0 bridgehead atoms. The minimum atomic E-state index is 0.669. The van der Waals surface area contributed by atoms with Gasteiger partial charge in [-0.3, -0.25) is 0 Å². The third kappa shape index (κ3) is 3.05. The lowest BCUT2D eigenvalue weighted by atomic mass is 10.3. The maximum Gasteiger partial charge on any atom is 0.150 e. The summed E-state index contributed by atoms with van der Waals surface area (Å²) in [6.07, 6.45) is 0. The topological polar surface area (TPSA) is 18.5 Å². The van der Waals surface area contributed by atoms with Gasteiger partial charge in [0.05, 0.1) is 23.1 Å². The molecule has 0 radical (unpaired) electrons. The summed E-state index contributed by atoms with van der Waals surface area (Å²) < 4.78 is 11.9. The molecule has 0 heterocycles. The van der Waals surface area contributed by atoms with Crippen LogP contribution in [-0.4, -0.2) is 19.5 Å². The Morgan fingerprint density at radius 3 is 2.60 bits per heavy atom. The fourth-order valence-electron chi connectivity index (χ4n) is 1.26. The molecule has 0 atom stereocenters. The molecule has 0 saturated carbocycles. The molecule has 0 fully saturated rings. The Hall–Kier alpha value is -0.350. The zero-order valence-corrected chi connectivity index (χ0v) is 11.6. The van der Waals surface area contributed by atoms with Gasteiger partial charge in [-0.2, -0.15) is 0 Å². The molecule has 0 aliphatic carbocycles. The maximum atomic E-state index is 5.57. The molecule has 15 heavy (non-hydrogen) atoms. The maximum absolute atomic E-state index is 5.57. The number of ether oxygens (including phenoxy) is 2. The van der Waals surface area contributed by atoms with Crippen molar-refractivity contribution in [2.24, 2.45) is 0 Å². The van der Waals surface area contributed by atoms with E-state index < -0.39 is 0 Å². The van der Waals surface area contributed by atoms with Crippen LogP contribution < -0.4 is 9.47 Å². The summed E-state index contributed by atoms with van der Waals surface area (Å²) in [5.74, 6) is 2.74. The van der Waals surface area contributed by atoms with Gasteiger partial charge in [0, 0.05) is 0 Å². The highest BCUT2D eigenvalue weighted by Crippen LogP contribution is 2.42. The summed E-state index contributed by atoms with van der Waals surface area (Å²) in [4.78, 5) is 1.07. The fourth-order valence-corrected chi connectivity index (χ4v) is 2.77. The summed E-state index contributed by atoms with van der Waals surface area (Å²) in [5, 5.41) is 0. The Morgan fingerprint density at radius 1 is 1.33 bits per heavy atom. The van der Waals surface area contributed by atoms with E-state index in [1.807, 2.05) is 19.1 Å². The van der Waals surface area contributed by atoms with E-state index in [0.717, 1.165) is 26.6 Å². The van der Waals surface area contributed by atoms with Crippen molar-refractivity contribution >= 4 is 27.7 Å². The van der Waals surface area contributed by atoms with Crippen LogP contribution in [0.3, 0.4) is 0 Å². The molecule has 0 aliphatic rings. The average Bonchev–Trinajstić information content (AvgIpc) is 2.23. The van der Waals surface area contributed by atoms with Gasteiger partial charge in [-0.25, -0.2) is 0 Å². The average molecular weight is 291 g/mol. The predicted molar refractivity (Wildman–Crippen MR) is 68.3 cm³/mol. The minimum absolute atomic E-state index is 0.669. The van der Waals surface area contributed by atoms with E-state index in [-0.39, 0.29) is 0 Å². The first kappa shape index (κ1) is 12.7. The van der Waals surface area contributed by atoms with Crippen molar-refractivity contribution < 1.29 is 9.47 Å². The molecule has 0 aliphatic heterocycles. The number of hydrogen-bond donors (Lipinski definition) is 0. The van der Waals surface area contributed by atoms with Gasteiger partial charge in [-0.1, -0.05) is 6.92 Å². The standard InChI is InChI=1S/C11H15BrO2S/c1-4-14-9-7-6-8(12)10(13-3)11(9)15-5-2/h6-7H,4-5H2,1-3H3. The van der Waals surface area contributed by atoms with Crippen molar-refractivity contribution in [3.8, 4) is 11.5 Å². The van der Waals surface area contributed by atoms with Crippen molar-refractivity contribution in [2.75, 3.05) is 19.5 Å². The molecule has 0 spiro atoms. The molecule has 1 aromatic rings. The lowest BCUT2D eigenvalue weighted by molar-refractivity contribution is 0.324. The Morgan fingerprint density at radius 2 is 2.07 bits per heavy atom. The van der Waals surface area contributed by atoms with Crippen molar-refractivity contribution in [1.29, 1.82) is 0 Å². The molecule has 84 valence electrons. The second kappa shape index (κ2) is 6.28. The van der Waals surface area contributed by atoms with E-state index in [0.29, 0.717) is 6.61 Å². The molecule has 1 aromatic carbocycles. The Labute approximate surface area is 103 Å². The summed E-state index contributed by atoms with van der Waals surface area (Å²) in [7, 11) is 1.68. The van der Waals surface area contributed by atoms with Crippen LogP contribution in [-0.2, 0) is 0 Å². The zero-order valence-electron chi connectivity index (χ0n) is 9.17. The van der Waals surface area contributed by atoms with Crippen molar-refractivity contribution in [1.82, 2.24) is 0 Å². The van der Waals surface area contributed by atoms with Gasteiger partial charge < -0.3 is 9.47 Å². The third-order valence-electron chi connectivity index (χ3n) is 1.82. The largest absolute Gasteiger partial charge is 0.494 e. The van der Waals surface area contributed by atoms with Crippen LogP contribution in [0, 0.1) is 0 Å². The van der Waals surface area contributed by atoms with Crippen molar-refractivity contribution in [2.45, 2.75) is 18.7 Å². The third-order valence-corrected chi connectivity index (χ3v) is 3.41. The molecule has 4 heteroatoms. The van der Waals surface area contributed by atoms with Crippen molar-refractivity contribution in [3.05, 3.63) is 16.6 Å². The summed E-state index contributed by atoms with van der Waals surface area (Å²) in [6.45, 7) is 4.76. The van der Waals surface area contributed by atoms with E-state index >= 15 is 0 Å². The number of thioether (sulfide) groups is 1. The second-order valence-electron chi connectivity index (χ2n) is 2.77. The lowest BCUT2D eigenvalue weighted by Gasteiger charge is -2.14. The number of benzene rings is 1. The van der Waals surface area contributed by atoms with Crippen LogP contribution in [0.2, 0.25) is 0 Å². The number of halogens is 1. The van der Waals surface area contributed by atoms with Crippen molar-refractivity contribution in [3.63, 3.8) is 0 Å². The highest BCUT2D eigenvalue weighted by molar-refractivity contribution is 9.10.